The van der Waals surface area contributed by atoms with Crippen molar-refractivity contribution in [3.05, 3.63) is 52.5 Å². The molecule has 0 bridgehead atoms. The van der Waals surface area contributed by atoms with E-state index in [1.54, 1.807) is 40.8 Å². The van der Waals surface area contributed by atoms with Gasteiger partial charge in [-0.25, -0.2) is 0 Å². The van der Waals surface area contributed by atoms with Gasteiger partial charge < -0.3 is 4.90 Å². The number of carbonyl (C=O) groups is 1. The molecule has 0 aromatic carbocycles. The maximum atomic E-state index is 12.0. The zero-order chi connectivity index (χ0) is 12.1. The molecule has 0 aliphatic rings. The summed E-state index contributed by atoms with van der Waals surface area (Å²) in [6.45, 7) is 0.730. The quantitative estimate of drug-likeness (QED) is 0.830. The van der Waals surface area contributed by atoms with Gasteiger partial charge in [0.05, 0.1) is 5.56 Å². The first-order valence-corrected chi connectivity index (χ1v) is 6.33. The average molecular weight is 246 g/mol. The monoisotopic (exact) mass is 246 g/mol. The van der Waals surface area contributed by atoms with Gasteiger partial charge >= 0.3 is 0 Å². The summed E-state index contributed by atoms with van der Waals surface area (Å²) in [7, 11) is 1.82. The van der Waals surface area contributed by atoms with E-state index in [2.05, 4.69) is 16.4 Å². The van der Waals surface area contributed by atoms with Crippen LogP contribution in [0.1, 0.15) is 15.2 Å². The van der Waals surface area contributed by atoms with Crippen LogP contribution in [0.4, 0.5) is 0 Å². The van der Waals surface area contributed by atoms with E-state index in [-0.39, 0.29) is 5.91 Å². The highest BCUT2D eigenvalue weighted by molar-refractivity contribution is 7.09. The van der Waals surface area contributed by atoms with E-state index in [1.807, 2.05) is 13.1 Å². The Hall–Kier alpha value is -1.68. The molecule has 0 saturated carbocycles. The lowest BCUT2D eigenvalue weighted by Crippen LogP contribution is -2.28. The first-order chi connectivity index (χ1) is 8.27. The van der Waals surface area contributed by atoms with E-state index in [4.69, 9.17) is 0 Å². The Morgan fingerprint density at radius 3 is 2.94 bits per heavy atom. The molecule has 2 aromatic heterocycles. The molecule has 17 heavy (non-hydrogen) atoms. The summed E-state index contributed by atoms with van der Waals surface area (Å²) < 4.78 is 0. The summed E-state index contributed by atoms with van der Waals surface area (Å²) in [6, 6.07) is 7.69. The van der Waals surface area contributed by atoms with Crippen molar-refractivity contribution >= 4 is 17.2 Å². The molecule has 4 heteroatoms. The number of thiophene rings is 1. The molecular weight excluding hydrogens is 232 g/mol. The normalized spacial score (nSPS) is 10.2. The number of carbonyl (C=O) groups excluding carboxylic acids is 1. The van der Waals surface area contributed by atoms with Crippen molar-refractivity contribution in [2.75, 3.05) is 13.6 Å². The number of nitrogens with zero attached hydrogens (tertiary/aromatic N) is 2. The van der Waals surface area contributed by atoms with Crippen molar-refractivity contribution in [2.24, 2.45) is 0 Å². The Labute approximate surface area is 105 Å². The lowest BCUT2D eigenvalue weighted by Gasteiger charge is -2.16. The molecule has 0 spiro atoms. The van der Waals surface area contributed by atoms with Crippen LogP contribution in [0.2, 0.25) is 0 Å². The third kappa shape index (κ3) is 3.14. The van der Waals surface area contributed by atoms with Gasteiger partial charge in [-0.15, -0.1) is 11.3 Å². The first-order valence-electron chi connectivity index (χ1n) is 5.45. The van der Waals surface area contributed by atoms with Gasteiger partial charge in [0, 0.05) is 30.9 Å². The van der Waals surface area contributed by atoms with Crippen LogP contribution in [0, 0.1) is 0 Å². The molecule has 0 aliphatic carbocycles. The van der Waals surface area contributed by atoms with E-state index in [1.165, 1.54) is 4.88 Å². The number of aromatic nitrogens is 1. The van der Waals surface area contributed by atoms with Crippen molar-refractivity contribution < 1.29 is 4.79 Å². The lowest BCUT2D eigenvalue weighted by atomic mass is 10.2. The molecule has 0 fully saturated rings. The summed E-state index contributed by atoms with van der Waals surface area (Å²) in [6.07, 6.45) is 4.17. The third-order valence-electron chi connectivity index (χ3n) is 2.53. The number of amides is 1. The fourth-order valence-corrected chi connectivity index (χ4v) is 2.24. The Kier molecular flexibility index (Phi) is 3.88. The Morgan fingerprint density at radius 1 is 1.41 bits per heavy atom. The van der Waals surface area contributed by atoms with Crippen LogP contribution >= 0.6 is 11.3 Å². The van der Waals surface area contributed by atoms with Crippen LogP contribution < -0.4 is 0 Å². The Morgan fingerprint density at radius 2 is 2.29 bits per heavy atom. The highest BCUT2D eigenvalue weighted by atomic mass is 32.1. The molecule has 1 amide bonds. The standard InChI is InChI=1S/C13H14N2OS/c1-15(8-6-12-5-3-9-17-12)13(16)11-4-2-7-14-10-11/h2-5,7,9-10H,6,8H2,1H3. The van der Waals surface area contributed by atoms with Gasteiger partial charge in [-0.2, -0.15) is 0 Å². The minimum Gasteiger partial charge on any atom is -0.341 e. The maximum Gasteiger partial charge on any atom is 0.255 e. The van der Waals surface area contributed by atoms with Crippen molar-refractivity contribution in [1.29, 1.82) is 0 Å². The second-order valence-electron chi connectivity index (χ2n) is 3.80. The van der Waals surface area contributed by atoms with Gasteiger partial charge in [-0.1, -0.05) is 6.07 Å². The van der Waals surface area contributed by atoms with Gasteiger partial charge in [0.25, 0.3) is 5.91 Å². The number of pyridine rings is 1. The Bertz CT molecular complexity index is 467. The van der Waals surface area contributed by atoms with Gasteiger partial charge in [0.2, 0.25) is 0 Å². The Balaban J connectivity index is 1.92. The molecule has 2 heterocycles. The lowest BCUT2D eigenvalue weighted by molar-refractivity contribution is 0.0796. The van der Waals surface area contributed by atoms with E-state index >= 15 is 0 Å². The summed E-state index contributed by atoms with van der Waals surface area (Å²) in [5.41, 5.74) is 0.640. The molecule has 0 unspecified atom stereocenters. The smallest absolute Gasteiger partial charge is 0.255 e. The molecule has 0 aliphatic heterocycles. The second-order valence-corrected chi connectivity index (χ2v) is 4.83. The van der Waals surface area contributed by atoms with Crippen LogP contribution in [0.25, 0.3) is 0 Å². The largest absolute Gasteiger partial charge is 0.341 e. The first kappa shape index (κ1) is 11.8. The summed E-state index contributed by atoms with van der Waals surface area (Å²) in [5, 5.41) is 2.05. The molecule has 0 radical (unpaired) electrons. The van der Waals surface area contributed by atoms with Crippen LogP contribution in [0.3, 0.4) is 0 Å². The molecular formula is C13H14N2OS. The van der Waals surface area contributed by atoms with Crippen LogP contribution in [0.5, 0.6) is 0 Å². The molecule has 0 N–H and O–H groups in total. The topological polar surface area (TPSA) is 33.2 Å². The highest BCUT2D eigenvalue weighted by Gasteiger charge is 2.11. The zero-order valence-electron chi connectivity index (χ0n) is 9.67. The minimum absolute atomic E-state index is 0.0228. The van der Waals surface area contributed by atoms with Gasteiger partial charge in [0.1, 0.15) is 0 Å². The number of rotatable bonds is 4. The number of hydrogen-bond donors (Lipinski definition) is 0. The molecule has 2 rings (SSSR count). The number of likely N-dealkylation sites (N-methyl/N-ethyl adjacent to an activating group) is 1. The summed E-state index contributed by atoms with van der Waals surface area (Å²) >= 11 is 1.72. The fourth-order valence-electron chi connectivity index (χ4n) is 1.54. The van der Waals surface area contributed by atoms with Crippen LogP contribution in [-0.4, -0.2) is 29.4 Å². The minimum atomic E-state index is 0.0228. The zero-order valence-corrected chi connectivity index (χ0v) is 10.5. The van der Waals surface area contributed by atoms with Crippen molar-refractivity contribution in [1.82, 2.24) is 9.88 Å². The van der Waals surface area contributed by atoms with E-state index in [0.29, 0.717) is 5.56 Å². The third-order valence-corrected chi connectivity index (χ3v) is 3.47. The molecule has 0 atom stereocenters. The highest BCUT2D eigenvalue weighted by Crippen LogP contribution is 2.10. The predicted molar refractivity (Wildman–Crippen MR) is 69.2 cm³/mol. The van der Waals surface area contributed by atoms with E-state index in [0.717, 1.165) is 13.0 Å². The second kappa shape index (κ2) is 5.59. The van der Waals surface area contributed by atoms with E-state index < -0.39 is 0 Å². The van der Waals surface area contributed by atoms with Crippen molar-refractivity contribution in [3.8, 4) is 0 Å². The molecule has 3 nitrogen and oxygen atoms in total. The van der Waals surface area contributed by atoms with Crippen LogP contribution in [-0.2, 0) is 6.42 Å². The average Bonchev–Trinajstić information content (AvgIpc) is 2.89. The van der Waals surface area contributed by atoms with Gasteiger partial charge in [-0.05, 0) is 30.0 Å². The summed E-state index contributed by atoms with van der Waals surface area (Å²) in [4.78, 5) is 19.0. The maximum absolute atomic E-state index is 12.0. The van der Waals surface area contributed by atoms with Crippen molar-refractivity contribution in [3.63, 3.8) is 0 Å². The fraction of sp³-hybridized carbons (Fsp3) is 0.231. The van der Waals surface area contributed by atoms with Crippen molar-refractivity contribution in [2.45, 2.75) is 6.42 Å². The molecule has 2 aromatic rings. The van der Waals surface area contributed by atoms with E-state index in [9.17, 15) is 4.79 Å². The van der Waals surface area contributed by atoms with Gasteiger partial charge in [-0.3, -0.25) is 9.78 Å². The summed E-state index contributed by atoms with van der Waals surface area (Å²) in [5.74, 6) is 0.0228. The predicted octanol–water partition coefficient (Wildman–Crippen LogP) is 2.46. The SMILES string of the molecule is CN(CCc1cccs1)C(=O)c1cccnc1. The molecule has 0 saturated heterocycles. The van der Waals surface area contributed by atoms with Crippen LogP contribution in [0.15, 0.2) is 42.0 Å². The van der Waals surface area contributed by atoms with Gasteiger partial charge in [0.15, 0.2) is 0 Å². The molecule has 88 valence electrons. The number of hydrogen-bond acceptors (Lipinski definition) is 3.